The summed E-state index contributed by atoms with van der Waals surface area (Å²) in [5.74, 6) is 1.36. The van der Waals surface area contributed by atoms with Crippen LogP contribution >= 0.6 is 11.8 Å². The summed E-state index contributed by atoms with van der Waals surface area (Å²) in [5, 5.41) is 0. The van der Waals surface area contributed by atoms with Crippen molar-refractivity contribution in [1.29, 1.82) is 0 Å². The number of rotatable bonds is 4. The summed E-state index contributed by atoms with van der Waals surface area (Å²) in [6, 6.07) is 4.38. The molecule has 3 heterocycles. The Bertz CT molecular complexity index is 671. The number of likely N-dealkylation sites (tertiary alicyclic amines) is 1. The van der Waals surface area contributed by atoms with Crippen LogP contribution in [0, 0.1) is 18.7 Å². The number of aryl methyl sites for hydroxylation is 1. The molecule has 3 aliphatic rings. The number of halogens is 1. The quantitative estimate of drug-likeness (QED) is 0.805. The Labute approximate surface area is 158 Å². The van der Waals surface area contributed by atoms with Gasteiger partial charge in [-0.2, -0.15) is 0 Å². The molecule has 1 spiro atoms. The standard InChI is InChI=1S/C20H26FNO3S/c1-14-8-16(21)2-3-18(14)19(23)22-12-20(13-22)9-17(11-26-20)25-10-15-4-6-24-7-5-15/h2-3,8,15,17H,4-7,9-13H2,1H3/t17-/m0/s1. The van der Waals surface area contributed by atoms with Gasteiger partial charge in [-0.3, -0.25) is 4.79 Å². The van der Waals surface area contributed by atoms with E-state index in [0.717, 1.165) is 57.9 Å². The fraction of sp³-hybridized carbons (Fsp3) is 0.650. The van der Waals surface area contributed by atoms with Crippen LogP contribution in [0.4, 0.5) is 4.39 Å². The van der Waals surface area contributed by atoms with Crippen LogP contribution in [0.3, 0.4) is 0 Å². The van der Waals surface area contributed by atoms with Gasteiger partial charge < -0.3 is 14.4 Å². The lowest BCUT2D eigenvalue weighted by molar-refractivity contribution is -0.0118. The zero-order chi connectivity index (χ0) is 18.1. The van der Waals surface area contributed by atoms with E-state index in [1.54, 1.807) is 13.0 Å². The Morgan fingerprint density at radius 1 is 1.38 bits per heavy atom. The van der Waals surface area contributed by atoms with Crippen LogP contribution in [0.2, 0.25) is 0 Å². The molecule has 1 amide bonds. The molecule has 1 aromatic carbocycles. The summed E-state index contributed by atoms with van der Waals surface area (Å²) in [4.78, 5) is 14.5. The van der Waals surface area contributed by atoms with Crippen molar-refractivity contribution in [3.8, 4) is 0 Å². The number of amides is 1. The number of carbonyl (C=O) groups excluding carboxylic acids is 1. The average molecular weight is 379 g/mol. The van der Waals surface area contributed by atoms with Gasteiger partial charge in [-0.1, -0.05) is 0 Å². The van der Waals surface area contributed by atoms with E-state index in [1.807, 2.05) is 16.7 Å². The molecule has 3 fully saturated rings. The lowest BCUT2D eigenvalue weighted by atomic mass is 9.91. The van der Waals surface area contributed by atoms with Crippen molar-refractivity contribution in [2.75, 3.05) is 38.7 Å². The van der Waals surface area contributed by atoms with Crippen molar-refractivity contribution < 1.29 is 18.7 Å². The molecular formula is C20H26FNO3S. The zero-order valence-corrected chi connectivity index (χ0v) is 16.0. The van der Waals surface area contributed by atoms with E-state index in [9.17, 15) is 9.18 Å². The van der Waals surface area contributed by atoms with Gasteiger partial charge in [0.15, 0.2) is 0 Å². The Morgan fingerprint density at radius 2 is 2.15 bits per heavy atom. The molecule has 3 aliphatic heterocycles. The highest BCUT2D eigenvalue weighted by molar-refractivity contribution is 8.01. The number of ether oxygens (including phenoxy) is 2. The van der Waals surface area contributed by atoms with Gasteiger partial charge in [0.25, 0.3) is 5.91 Å². The monoisotopic (exact) mass is 379 g/mol. The highest BCUT2D eigenvalue weighted by Crippen LogP contribution is 2.46. The molecule has 0 saturated carbocycles. The SMILES string of the molecule is Cc1cc(F)ccc1C(=O)N1CC2(C[C@H](OCC3CCOCC3)CS2)C1. The molecule has 0 unspecified atom stereocenters. The van der Waals surface area contributed by atoms with E-state index >= 15 is 0 Å². The van der Waals surface area contributed by atoms with Gasteiger partial charge in [0, 0.05) is 44.2 Å². The number of thioether (sulfide) groups is 1. The highest BCUT2D eigenvalue weighted by Gasteiger charge is 2.51. The van der Waals surface area contributed by atoms with E-state index in [-0.39, 0.29) is 16.5 Å². The van der Waals surface area contributed by atoms with E-state index in [1.165, 1.54) is 12.1 Å². The van der Waals surface area contributed by atoms with Crippen LogP contribution < -0.4 is 0 Å². The molecule has 4 nitrogen and oxygen atoms in total. The van der Waals surface area contributed by atoms with Crippen molar-refractivity contribution in [3.05, 3.63) is 35.1 Å². The van der Waals surface area contributed by atoms with Gasteiger partial charge in [0.2, 0.25) is 0 Å². The third-order valence-corrected chi connectivity index (χ3v) is 7.32. The Balaban J connectivity index is 1.26. The van der Waals surface area contributed by atoms with Gasteiger partial charge in [-0.05, 0) is 55.9 Å². The second kappa shape index (κ2) is 7.49. The summed E-state index contributed by atoms with van der Waals surface area (Å²) in [6.45, 7) is 5.88. The minimum atomic E-state index is -0.296. The summed E-state index contributed by atoms with van der Waals surface area (Å²) in [7, 11) is 0. The Morgan fingerprint density at radius 3 is 2.88 bits per heavy atom. The third-order valence-electron chi connectivity index (χ3n) is 5.75. The highest BCUT2D eigenvalue weighted by atomic mass is 32.2. The van der Waals surface area contributed by atoms with Crippen LogP contribution in [-0.2, 0) is 9.47 Å². The van der Waals surface area contributed by atoms with E-state index in [2.05, 4.69) is 0 Å². The molecule has 0 aliphatic carbocycles. The molecular weight excluding hydrogens is 353 g/mol. The van der Waals surface area contributed by atoms with Gasteiger partial charge in [0.1, 0.15) is 5.82 Å². The summed E-state index contributed by atoms with van der Waals surface area (Å²) in [6.07, 6.45) is 3.52. The van der Waals surface area contributed by atoms with Crippen molar-refractivity contribution in [2.24, 2.45) is 5.92 Å². The largest absolute Gasteiger partial charge is 0.381 e. The van der Waals surface area contributed by atoms with Crippen molar-refractivity contribution in [3.63, 3.8) is 0 Å². The number of hydrogen-bond donors (Lipinski definition) is 0. The maximum atomic E-state index is 13.2. The van der Waals surface area contributed by atoms with Crippen LogP contribution in [0.25, 0.3) is 0 Å². The van der Waals surface area contributed by atoms with Crippen molar-refractivity contribution >= 4 is 17.7 Å². The lowest BCUT2D eigenvalue weighted by Crippen LogP contribution is -2.60. The van der Waals surface area contributed by atoms with Gasteiger partial charge in [0.05, 0.1) is 10.9 Å². The Hall–Kier alpha value is -1.11. The second-order valence-electron chi connectivity index (χ2n) is 7.83. The second-order valence-corrected chi connectivity index (χ2v) is 9.32. The molecule has 1 aromatic rings. The van der Waals surface area contributed by atoms with E-state index in [4.69, 9.17) is 9.47 Å². The smallest absolute Gasteiger partial charge is 0.254 e. The molecule has 3 saturated heterocycles. The third kappa shape index (κ3) is 3.78. The van der Waals surface area contributed by atoms with Crippen molar-refractivity contribution in [2.45, 2.75) is 37.0 Å². The van der Waals surface area contributed by atoms with Crippen LogP contribution in [0.1, 0.15) is 35.2 Å². The molecule has 142 valence electrons. The summed E-state index contributed by atoms with van der Waals surface area (Å²) in [5.41, 5.74) is 1.31. The van der Waals surface area contributed by atoms with Crippen LogP contribution in [0.5, 0.6) is 0 Å². The fourth-order valence-corrected chi connectivity index (χ4v) is 5.70. The van der Waals surface area contributed by atoms with Gasteiger partial charge in [-0.15, -0.1) is 11.8 Å². The number of carbonyl (C=O) groups is 1. The first kappa shape index (κ1) is 18.3. The molecule has 6 heteroatoms. The normalized spacial score (nSPS) is 25.5. The first-order valence-electron chi connectivity index (χ1n) is 9.43. The van der Waals surface area contributed by atoms with Gasteiger partial charge >= 0.3 is 0 Å². The zero-order valence-electron chi connectivity index (χ0n) is 15.2. The fourth-order valence-electron chi connectivity index (χ4n) is 4.15. The van der Waals surface area contributed by atoms with E-state index < -0.39 is 0 Å². The molecule has 1 atom stereocenters. The summed E-state index contributed by atoms with van der Waals surface area (Å²) >= 11 is 1.95. The first-order chi connectivity index (χ1) is 12.5. The summed E-state index contributed by atoms with van der Waals surface area (Å²) < 4.78 is 25.0. The predicted octanol–water partition coefficient (Wildman–Crippen LogP) is 3.28. The van der Waals surface area contributed by atoms with E-state index in [0.29, 0.717) is 23.1 Å². The number of benzene rings is 1. The predicted molar refractivity (Wildman–Crippen MR) is 100 cm³/mol. The van der Waals surface area contributed by atoms with Gasteiger partial charge in [-0.25, -0.2) is 4.39 Å². The lowest BCUT2D eigenvalue weighted by Gasteiger charge is -2.47. The molecule has 26 heavy (non-hydrogen) atoms. The average Bonchev–Trinajstić information content (AvgIpc) is 3.04. The minimum absolute atomic E-state index is 0.0142. The van der Waals surface area contributed by atoms with Crippen LogP contribution in [-0.4, -0.2) is 60.3 Å². The maximum Gasteiger partial charge on any atom is 0.254 e. The topological polar surface area (TPSA) is 38.8 Å². The van der Waals surface area contributed by atoms with Crippen molar-refractivity contribution in [1.82, 2.24) is 4.90 Å². The number of hydrogen-bond acceptors (Lipinski definition) is 4. The molecule has 0 aromatic heterocycles. The van der Waals surface area contributed by atoms with Crippen LogP contribution in [0.15, 0.2) is 18.2 Å². The minimum Gasteiger partial charge on any atom is -0.381 e. The molecule has 0 bridgehead atoms. The molecule has 0 N–H and O–H groups in total. The molecule has 4 rings (SSSR count). The maximum absolute atomic E-state index is 13.2. The number of nitrogens with zero attached hydrogens (tertiary/aromatic N) is 1. The molecule has 0 radical (unpaired) electrons. The first-order valence-corrected chi connectivity index (χ1v) is 10.4. The Kier molecular flexibility index (Phi) is 5.26.